The summed E-state index contributed by atoms with van der Waals surface area (Å²) in [6.07, 6.45) is 3.42. The van der Waals surface area contributed by atoms with E-state index in [1.54, 1.807) is 0 Å². The SMILES string of the molecule is CCCCCC(=O)[O][SnH]=[O]. The van der Waals surface area contributed by atoms with Gasteiger partial charge in [0, 0.05) is 0 Å². The number of hydrogen-bond donors (Lipinski definition) is 0. The summed E-state index contributed by atoms with van der Waals surface area (Å²) in [4.78, 5) is 10.5. The first-order valence-electron chi connectivity index (χ1n) is 3.44. The Balaban J connectivity index is 3.13. The Morgan fingerprint density at radius 2 is 2.20 bits per heavy atom. The van der Waals surface area contributed by atoms with Crippen molar-refractivity contribution in [3.63, 3.8) is 0 Å². The van der Waals surface area contributed by atoms with E-state index in [0.29, 0.717) is 6.42 Å². The van der Waals surface area contributed by atoms with Crippen molar-refractivity contribution in [3.05, 3.63) is 0 Å². The first-order chi connectivity index (χ1) is 4.81. The summed E-state index contributed by atoms with van der Waals surface area (Å²) in [6, 6.07) is 0. The molecule has 58 valence electrons. The first kappa shape index (κ1) is 10.1. The quantitative estimate of drug-likeness (QED) is 0.536. The van der Waals surface area contributed by atoms with Crippen LogP contribution in [0, 0.1) is 0 Å². The Morgan fingerprint density at radius 3 is 2.70 bits per heavy atom. The Labute approximate surface area is 71.3 Å². The first-order valence-corrected chi connectivity index (χ1v) is 6.13. The van der Waals surface area contributed by atoms with E-state index in [0.717, 1.165) is 19.3 Å². The molecular formula is C6H12O3Sn. The summed E-state index contributed by atoms with van der Waals surface area (Å²) >= 11 is -2.14. The molecule has 0 aliphatic rings. The summed E-state index contributed by atoms with van der Waals surface area (Å²) < 4.78 is 14.3. The van der Waals surface area contributed by atoms with Gasteiger partial charge >= 0.3 is 71.1 Å². The standard InChI is InChI=1S/C6H12O2.O.Sn.H/c1-2-3-4-5-6(7)8;;;/h2-5H2,1H3,(H,7,8);;;/q;;+1;/p-1. The van der Waals surface area contributed by atoms with Crippen molar-refractivity contribution < 1.29 is 10.9 Å². The molecule has 0 aliphatic carbocycles. The molecule has 0 aromatic heterocycles. The molecule has 0 aliphatic heterocycles. The molecule has 0 amide bonds. The van der Waals surface area contributed by atoms with Crippen LogP contribution in [0.1, 0.15) is 32.6 Å². The average Bonchev–Trinajstić information content (AvgIpc) is 1.89. The van der Waals surface area contributed by atoms with Crippen LogP contribution in [0.25, 0.3) is 0 Å². The fraction of sp³-hybridized carbons (Fsp3) is 0.833. The van der Waals surface area contributed by atoms with Crippen molar-refractivity contribution in [2.75, 3.05) is 0 Å². The van der Waals surface area contributed by atoms with Gasteiger partial charge in [-0.05, 0) is 0 Å². The molecule has 10 heavy (non-hydrogen) atoms. The van der Waals surface area contributed by atoms with E-state index in [-0.39, 0.29) is 5.97 Å². The van der Waals surface area contributed by atoms with Gasteiger partial charge in [0.2, 0.25) is 0 Å². The Bertz CT molecular complexity index is 114. The second kappa shape index (κ2) is 7.18. The van der Waals surface area contributed by atoms with Crippen LogP contribution in [0.3, 0.4) is 0 Å². The molecule has 0 rings (SSSR count). The van der Waals surface area contributed by atoms with Gasteiger partial charge in [-0.3, -0.25) is 0 Å². The summed E-state index contributed by atoms with van der Waals surface area (Å²) in [5.74, 6) is -0.287. The molecule has 0 aromatic rings. The predicted molar refractivity (Wildman–Crippen MR) is 38.1 cm³/mol. The average molecular weight is 251 g/mol. The van der Waals surface area contributed by atoms with Gasteiger partial charge in [-0.1, -0.05) is 0 Å². The van der Waals surface area contributed by atoms with Gasteiger partial charge in [0.15, 0.2) is 0 Å². The molecular weight excluding hydrogens is 239 g/mol. The van der Waals surface area contributed by atoms with Crippen molar-refractivity contribution in [1.29, 1.82) is 0 Å². The third kappa shape index (κ3) is 6.19. The fourth-order valence-electron chi connectivity index (χ4n) is 0.632. The van der Waals surface area contributed by atoms with Gasteiger partial charge in [-0.2, -0.15) is 0 Å². The van der Waals surface area contributed by atoms with E-state index >= 15 is 0 Å². The molecule has 0 saturated carbocycles. The van der Waals surface area contributed by atoms with E-state index in [1.807, 2.05) is 0 Å². The van der Waals surface area contributed by atoms with Crippen LogP contribution in [0.4, 0.5) is 0 Å². The summed E-state index contributed by atoms with van der Waals surface area (Å²) in [7, 11) is 0. The predicted octanol–water partition coefficient (Wildman–Crippen LogP) is 0.807. The zero-order valence-electron chi connectivity index (χ0n) is 6.13. The molecule has 0 bridgehead atoms. The van der Waals surface area contributed by atoms with Gasteiger partial charge < -0.3 is 0 Å². The molecule has 0 aromatic carbocycles. The van der Waals surface area contributed by atoms with Crippen LogP contribution in [-0.2, 0) is 10.9 Å². The van der Waals surface area contributed by atoms with Gasteiger partial charge in [-0.15, -0.1) is 0 Å². The third-order valence-corrected chi connectivity index (χ3v) is 2.19. The number of carbonyl (C=O) groups excluding carboxylic acids is 1. The number of carbonyl (C=O) groups is 1. The van der Waals surface area contributed by atoms with Crippen LogP contribution in [-0.4, -0.2) is 27.5 Å². The summed E-state index contributed by atoms with van der Waals surface area (Å²) in [5, 5.41) is 0. The monoisotopic (exact) mass is 252 g/mol. The molecule has 0 unspecified atom stereocenters. The van der Waals surface area contributed by atoms with E-state index in [1.165, 1.54) is 0 Å². The zero-order valence-corrected chi connectivity index (χ0v) is 9.43. The number of hydrogen-bond acceptors (Lipinski definition) is 3. The van der Waals surface area contributed by atoms with E-state index in [2.05, 4.69) is 10.00 Å². The van der Waals surface area contributed by atoms with Crippen LogP contribution >= 0.6 is 0 Å². The second-order valence-corrected chi connectivity index (χ2v) is 3.27. The van der Waals surface area contributed by atoms with Crippen molar-refractivity contribution in [1.82, 2.24) is 0 Å². The van der Waals surface area contributed by atoms with E-state index in [4.69, 9.17) is 0 Å². The molecule has 0 heterocycles. The topological polar surface area (TPSA) is 43.4 Å². The van der Waals surface area contributed by atoms with E-state index < -0.39 is 21.5 Å². The molecule has 4 heteroatoms. The maximum absolute atomic E-state index is 10.5. The van der Waals surface area contributed by atoms with Gasteiger partial charge in [0.1, 0.15) is 0 Å². The molecule has 0 saturated heterocycles. The van der Waals surface area contributed by atoms with Crippen molar-refractivity contribution >= 4 is 27.5 Å². The Morgan fingerprint density at radius 1 is 1.50 bits per heavy atom. The minimum atomic E-state index is -2.14. The normalized spacial score (nSPS) is 8.90. The Kier molecular flexibility index (Phi) is 7.23. The second-order valence-electron chi connectivity index (χ2n) is 2.04. The molecule has 0 atom stereocenters. The zero-order chi connectivity index (χ0) is 7.82. The Hall–Kier alpha value is 0.0687. The van der Waals surface area contributed by atoms with Gasteiger partial charge in [0.05, 0.1) is 0 Å². The van der Waals surface area contributed by atoms with Crippen LogP contribution in [0.5, 0.6) is 0 Å². The fourth-order valence-corrected chi connectivity index (χ4v) is 1.27. The van der Waals surface area contributed by atoms with E-state index in [9.17, 15) is 7.87 Å². The third-order valence-electron chi connectivity index (χ3n) is 1.16. The molecule has 3 nitrogen and oxygen atoms in total. The molecule has 0 N–H and O–H groups in total. The number of unbranched alkanes of at least 4 members (excludes halogenated alkanes) is 2. The van der Waals surface area contributed by atoms with Crippen LogP contribution in [0.15, 0.2) is 0 Å². The van der Waals surface area contributed by atoms with Crippen molar-refractivity contribution in [3.8, 4) is 0 Å². The van der Waals surface area contributed by atoms with Crippen LogP contribution in [0.2, 0.25) is 0 Å². The molecule has 0 radical (unpaired) electrons. The van der Waals surface area contributed by atoms with Crippen LogP contribution < -0.4 is 0 Å². The van der Waals surface area contributed by atoms with Gasteiger partial charge in [-0.25, -0.2) is 0 Å². The summed E-state index contributed by atoms with van der Waals surface area (Å²) in [6.45, 7) is 2.07. The van der Waals surface area contributed by atoms with Crippen molar-refractivity contribution in [2.45, 2.75) is 32.6 Å². The number of rotatable bonds is 5. The maximum atomic E-state index is 10.5. The van der Waals surface area contributed by atoms with Crippen molar-refractivity contribution in [2.24, 2.45) is 0 Å². The molecule has 0 fully saturated rings. The minimum absolute atomic E-state index is 0.287. The van der Waals surface area contributed by atoms with Gasteiger partial charge in [0.25, 0.3) is 0 Å². The molecule has 0 spiro atoms. The summed E-state index contributed by atoms with van der Waals surface area (Å²) in [5.41, 5.74) is 0.